The maximum Gasteiger partial charge on any atom is 0.303 e. The van der Waals surface area contributed by atoms with Crippen molar-refractivity contribution >= 4 is 87.7 Å². The van der Waals surface area contributed by atoms with Gasteiger partial charge in [0.05, 0.1) is 18.9 Å². The van der Waals surface area contributed by atoms with E-state index in [4.69, 9.17) is 11.5 Å². The Bertz CT molecular complexity index is 3110. The number of aromatic nitrogens is 3. The number of carbonyl (C=O) groups is 11. The van der Waals surface area contributed by atoms with Crippen LogP contribution in [0.15, 0.2) is 104 Å². The molecule has 0 saturated heterocycles. The van der Waals surface area contributed by atoms with Crippen LogP contribution in [0.25, 0.3) is 10.9 Å². The maximum absolute atomic E-state index is 14.3. The number of rotatable bonds is 35. The van der Waals surface area contributed by atoms with E-state index < -0.39 is 132 Å². The second-order valence-electron chi connectivity index (χ2n) is 21.2. The summed E-state index contributed by atoms with van der Waals surface area (Å²) in [6.45, 7) is 5.69. The minimum Gasteiger partial charge on any atom is -0.481 e. The first-order valence-corrected chi connectivity index (χ1v) is 29.5. The van der Waals surface area contributed by atoms with Crippen LogP contribution in [0.1, 0.15) is 75.8 Å². The number of nitrogens with zero attached hydrogens (tertiary/aromatic N) is 1. The van der Waals surface area contributed by atoms with Crippen LogP contribution in [-0.2, 0) is 78.4 Å². The highest BCUT2D eigenvalue weighted by Crippen LogP contribution is 2.20. The topological polar surface area (TPSA) is 413 Å². The molecule has 0 unspecified atom stereocenters. The second-order valence-corrected chi connectivity index (χ2v) is 22.2. The first kappa shape index (κ1) is 67.7. The fourth-order valence-electron chi connectivity index (χ4n) is 9.06. The van der Waals surface area contributed by atoms with Crippen LogP contribution < -0.4 is 59.3 Å². The summed E-state index contributed by atoms with van der Waals surface area (Å²) in [4.78, 5) is 158. The molecule has 2 heterocycles. The van der Waals surface area contributed by atoms with Crippen molar-refractivity contribution in [1.29, 1.82) is 0 Å². The van der Waals surface area contributed by atoms with Gasteiger partial charge in [0.25, 0.3) is 0 Å². The van der Waals surface area contributed by atoms with E-state index in [0.717, 1.165) is 10.9 Å². The molecule has 16 N–H and O–H groups in total. The van der Waals surface area contributed by atoms with Crippen LogP contribution in [0.3, 0.4) is 0 Å². The van der Waals surface area contributed by atoms with Gasteiger partial charge in [-0.1, -0.05) is 92.7 Å². The Morgan fingerprint density at radius 3 is 1.60 bits per heavy atom. The van der Waals surface area contributed by atoms with E-state index in [1.807, 2.05) is 26.2 Å². The minimum absolute atomic E-state index is 0.00612. The molecule has 0 saturated carbocycles. The van der Waals surface area contributed by atoms with Crippen molar-refractivity contribution in [2.45, 2.75) is 133 Å². The molecular weight excluding hydrogens is 1130 g/mol. The number of aromatic amines is 2. The van der Waals surface area contributed by atoms with Gasteiger partial charge in [0.2, 0.25) is 59.1 Å². The van der Waals surface area contributed by atoms with E-state index in [2.05, 4.69) is 62.8 Å². The number of carboxylic acid groups (broad SMARTS) is 1. The number of nitrogens with two attached hydrogens (primary N) is 2. The van der Waals surface area contributed by atoms with Crippen molar-refractivity contribution in [1.82, 2.24) is 62.8 Å². The number of imidazole rings is 1. The number of thioether (sulfide) groups is 1. The van der Waals surface area contributed by atoms with Gasteiger partial charge in [-0.2, -0.15) is 11.8 Å². The Hall–Kier alpha value is -9.11. The molecule has 0 spiro atoms. The van der Waals surface area contributed by atoms with Gasteiger partial charge in [0, 0.05) is 61.1 Å². The number of carboxylic acids is 1. The van der Waals surface area contributed by atoms with Crippen LogP contribution in [0, 0.1) is 5.92 Å². The molecule has 0 radical (unpaired) electrons. The molecule has 462 valence electrons. The van der Waals surface area contributed by atoms with Gasteiger partial charge in [0.15, 0.2) is 0 Å². The van der Waals surface area contributed by atoms with Crippen LogP contribution in [0.5, 0.6) is 0 Å². The van der Waals surface area contributed by atoms with E-state index in [1.165, 1.54) is 38.1 Å². The molecule has 5 aromatic rings. The summed E-state index contributed by atoms with van der Waals surface area (Å²) in [5, 5.41) is 33.5. The number of hydrogen-bond donors (Lipinski definition) is 14. The summed E-state index contributed by atoms with van der Waals surface area (Å²) in [7, 11) is 0. The molecule has 0 aliphatic carbocycles. The lowest BCUT2D eigenvalue weighted by Crippen LogP contribution is -2.59. The highest BCUT2D eigenvalue weighted by atomic mass is 32.2. The summed E-state index contributed by atoms with van der Waals surface area (Å²) < 4.78 is 0. The van der Waals surface area contributed by atoms with E-state index in [1.54, 1.807) is 85.1 Å². The monoisotopic (exact) mass is 1210 g/mol. The fraction of sp³-hybridized carbons (Fsp3) is 0.424. The van der Waals surface area contributed by atoms with Crippen molar-refractivity contribution < 1.29 is 57.8 Å². The number of amides is 10. The van der Waals surface area contributed by atoms with Crippen molar-refractivity contribution in [2.75, 3.05) is 18.6 Å². The molecule has 86 heavy (non-hydrogen) atoms. The average molecular weight is 1210 g/mol. The predicted molar refractivity (Wildman–Crippen MR) is 321 cm³/mol. The van der Waals surface area contributed by atoms with Gasteiger partial charge >= 0.3 is 5.97 Å². The lowest BCUT2D eigenvalue weighted by Gasteiger charge is -2.26. The number of benzene rings is 3. The Morgan fingerprint density at radius 1 is 0.558 bits per heavy atom. The number of nitrogens with one attached hydrogen (secondary N) is 11. The van der Waals surface area contributed by atoms with E-state index >= 15 is 0 Å². The maximum atomic E-state index is 14.3. The van der Waals surface area contributed by atoms with Crippen molar-refractivity contribution in [3.8, 4) is 0 Å². The Morgan fingerprint density at radius 2 is 1.06 bits per heavy atom. The molecule has 0 aliphatic rings. The normalized spacial score (nSPS) is 14.3. The largest absolute Gasteiger partial charge is 0.481 e. The summed E-state index contributed by atoms with van der Waals surface area (Å²) >= 11 is 1.45. The molecule has 9 atom stereocenters. The van der Waals surface area contributed by atoms with Gasteiger partial charge in [-0.25, -0.2) is 4.98 Å². The molecule has 0 aliphatic heterocycles. The van der Waals surface area contributed by atoms with Crippen molar-refractivity contribution in [2.24, 2.45) is 17.4 Å². The number of H-pyrrole nitrogens is 2. The van der Waals surface area contributed by atoms with Gasteiger partial charge < -0.3 is 74.4 Å². The first-order chi connectivity index (χ1) is 41.0. The van der Waals surface area contributed by atoms with Gasteiger partial charge in [-0.15, -0.1) is 0 Å². The van der Waals surface area contributed by atoms with E-state index in [-0.39, 0.29) is 50.9 Å². The van der Waals surface area contributed by atoms with Gasteiger partial charge in [-0.05, 0) is 73.8 Å². The van der Waals surface area contributed by atoms with Crippen LogP contribution >= 0.6 is 11.8 Å². The Labute approximate surface area is 501 Å². The van der Waals surface area contributed by atoms with E-state index in [9.17, 15) is 57.8 Å². The highest BCUT2D eigenvalue weighted by molar-refractivity contribution is 7.98. The third-order valence-corrected chi connectivity index (χ3v) is 14.4. The standard InChI is InChI=1S/C59H78N14O12S/c1-33(2)24-41(60)54(80)70-44(20-21-50(75)76)56(82)66-34(3)53(79)72-47(27-38-29-63-42-19-13-12-18-40(38)42)57(83)67-35(4)52(78)71-45(25-36-14-8-6-9-15-36)55(81)64-31-49(74)68-48(28-39-30-62-32-65-39)59(85)73-46(26-37-16-10-7-11-17-37)58(84)69-43(51(61)77)22-23-86-5/h6-19,29-30,32-35,41,43-48,63H,20-28,31,60H2,1-5H3,(H2,61,77)(H,62,65)(H,64,81)(H,66,82)(H,67,83)(H,68,74)(H,69,84)(H,70,80)(H,71,78)(H,72,79)(H,73,85)(H,75,76)/t34-,35-,41-,43-,44-,45-,46-,47-,48-/m0/s1. The molecule has 5 rings (SSSR count). The highest BCUT2D eigenvalue weighted by Gasteiger charge is 2.34. The molecule has 0 bridgehead atoms. The minimum atomic E-state index is -1.38. The third kappa shape index (κ3) is 22.1. The van der Waals surface area contributed by atoms with Crippen molar-refractivity contribution in [3.63, 3.8) is 0 Å². The first-order valence-electron chi connectivity index (χ1n) is 28.1. The quantitative estimate of drug-likeness (QED) is 0.0247. The number of para-hydroxylation sites is 1. The lowest BCUT2D eigenvalue weighted by molar-refractivity contribution is -0.138. The number of aliphatic carboxylic acids is 1. The lowest BCUT2D eigenvalue weighted by atomic mass is 10.0. The van der Waals surface area contributed by atoms with Crippen LogP contribution in [-0.4, -0.2) is 158 Å². The molecule has 0 fully saturated rings. The molecule has 2 aromatic heterocycles. The Balaban J connectivity index is 1.29. The molecule has 3 aromatic carbocycles. The number of carbonyl (C=O) groups excluding carboxylic acids is 10. The Kier molecular flexibility index (Phi) is 26.8. The van der Waals surface area contributed by atoms with Crippen molar-refractivity contribution in [3.05, 3.63) is 126 Å². The van der Waals surface area contributed by atoms with Crippen LogP contribution in [0.4, 0.5) is 0 Å². The zero-order valence-electron chi connectivity index (χ0n) is 48.6. The SMILES string of the molecule is CSCC[C@H](NC(=O)[C@H](Cc1ccccc1)NC(=O)[C@H](Cc1cnc[nH]1)NC(=O)CNC(=O)[C@H](Cc1ccccc1)NC(=O)[C@H](C)NC(=O)[C@H](Cc1c[nH]c2ccccc12)NC(=O)[C@H](C)NC(=O)[C@H](CCC(=O)O)NC(=O)[C@@H](N)CC(C)C)C(N)=O. The second kappa shape index (κ2) is 34.0. The smallest absolute Gasteiger partial charge is 0.303 e. The zero-order valence-corrected chi connectivity index (χ0v) is 49.4. The molecule has 27 heteroatoms. The number of primary amides is 1. The summed E-state index contributed by atoms with van der Waals surface area (Å²) in [6, 6.07) is 13.2. The third-order valence-electron chi connectivity index (χ3n) is 13.7. The van der Waals surface area contributed by atoms with E-state index in [0.29, 0.717) is 28.1 Å². The van der Waals surface area contributed by atoms with Gasteiger partial charge in [0.1, 0.15) is 48.3 Å². The molecular formula is C59H78N14O12S. The van der Waals surface area contributed by atoms with Crippen LogP contribution in [0.2, 0.25) is 0 Å². The summed E-state index contributed by atoms with van der Waals surface area (Å²) in [5.41, 5.74) is 14.7. The predicted octanol–water partition coefficient (Wildman–Crippen LogP) is -0.327. The molecule has 26 nitrogen and oxygen atoms in total. The number of fused-ring (bicyclic) bond motifs is 1. The molecule has 10 amide bonds. The number of hydrogen-bond acceptors (Lipinski definition) is 14. The fourth-order valence-corrected chi connectivity index (χ4v) is 9.53. The summed E-state index contributed by atoms with van der Waals surface area (Å²) in [5.74, 6) is -8.64. The average Bonchev–Trinajstić information content (AvgIpc) is 3.67. The summed E-state index contributed by atoms with van der Waals surface area (Å²) in [6.07, 6.45) is 5.69. The van der Waals surface area contributed by atoms with Gasteiger partial charge in [-0.3, -0.25) is 52.7 Å². The zero-order chi connectivity index (χ0) is 62.9.